The van der Waals surface area contributed by atoms with Crippen LogP contribution in [0.25, 0.3) is 0 Å². The van der Waals surface area contributed by atoms with Gasteiger partial charge >= 0.3 is 0 Å². The van der Waals surface area contributed by atoms with E-state index in [0.717, 1.165) is 38.4 Å². The van der Waals surface area contributed by atoms with E-state index in [9.17, 15) is 9.18 Å². The van der Waals surface area contributed by atoms with Crippen molar-refractivity contribution in [2.45, 2.75) is 5.92 Å². The number of amides is 1. The van der Waals surface area contributed by atoms with Crippen LogP contribution in [-0.2, 0) is 9.53 Å². The predicted octanol–water partition coefficient (Wildman–Crippen LogP) is 1.80. The second kappa shape index (κ2) is 8.69. The smallest absolute Gasteiger partial charge is 0.233 e. The Labute approximate surface area is 146 Å². The van der Waals surface area contributed by atoms with Gasteiger partial charge in [-0.05, 0) is 29.8 Å². The second-order valence-corrected chi connectivity index (χ2v) is 5.98. The number of carbonyl (C=O) groups is 1. The summed E-state index contributed by atoms with van der Waals surface area (Å²) in [5, 5.41) is 2.99. The maximum Gasteiger partial charge on any atom is 0.233 e. The van der Waals surface area contributed by atoms with E-state index in [1.54, 1.807) is 18.3 Å². The van der Waals surface area contributed by atoms with Gasteiger partial charge in [-0.1, -0.05) is 18.2 Å². The molecule has 6 heteroatoms. The number of morpholine rings is 1. The number of nitrogens with zero attached hydrogens (tertiary/aromatic N) is 2. The van der Waals surface area contributed by atoms with Crippen molar-refractivity contribution in [2.24, 2.45) is 0 Å². The quantitative estimate of drug-likeness (QED) is 0.869. The van der Waals surface area contributed by atoms with Gasteiger partial charge in [0, 0.05) is 32.4 Å². The summed E-state index contributed by atoms with van der Waals surface area (Å²) in [5.41, 5.74) is 1.38. The zero-order valence-corrected chi connectivity index (χ0v) is 14.0. The van der Waals surface area contributed by atoms with Gasteiger partial charge < -0.3 is 10.1 Å². The molecule has 1 aromatic carbocycles. The van der Waals surface area contributed by atoms with Crippen molar-refractivity contribution in [2.75, 3.05) is 39.4 Å². The number of nitrogens with one attached hydrogen (secondary N) is 1. The zero-order chi connectivity index (χ0) is 17.5. The molecule has 1 amide bonds. The van der Waals surface area contributed by atoms with Gasteiger partial charge in [0.05, 0.1) is 18.9 Å². The number of hydrogen-bond donors (Lipinski definition) is 1. The van der Waals surface area contributed by atoms with Gasteiger partial charge in [0.2, 0.25) is 5.91 Å². The van der Waals surface area contributed by atoms with E-state index >= 15 is 0 Å². The second-order valence-electron chi connectivity index (χ2n) is 5.98. The number of ether oxygens (including phenoxy) is 1. The summed E-state index contributed by atoms with van der Waals surface area (Å²) in [7, 11) is 0. The fraction of sp³-hybridized carbons (Fsp3) is 0.368. The Hall–Kier alpha value is -2.31. The van der Waals surface area contributed by atoms with Crippen molar-refractivity contribution in [3.8, 4) is 0 Å². The highest BCUT2D eigenvalue weighted by Gasteiger charge is 2.24. The molecule has 1 fully saturated rings. The van der Waals surface area contributed by atoms with E-state index in [2.05, 4.69) is 15.2 Å². The van der Waals surface area contributed by atoms with Gasteiger partial charge in [-0.25, -0.2) is 4.39 Å². The highest BCUT2D eigenvalue weighted by Crippen LogP contribution is 2.23. The molecule has 1 N–H and O–H groups in total. The first-order chi connectivity index (χ1) is 12.2. The lowest BCUT2D eigenvalue weighted by molar-refractivity contribution is -0.121. The first-order valence-electron chi connectivity index (χ1n) is 8.48. The van der Waals surface area contributed by atoms with E-state index < -0.39 is 5.92 Å². The number of benzene rings is 1. The summed E-state index contributed by atoms with van der Waals surface area (Å²) in [6.45, 7) is 4.59. The Morgan fingerprint density at radius 3 is 2.64 bits per heavy atom. The minimum atomic E-state index is -0.550. The lowest BCUT2D eigenvalue weighted by Crippen LogP contribution is -2.42. The van der Waals surface area contributed by atoms with E-state index in [1.165, 1.54) is 12.1 Å². The van der Waals surface area contributed by atoms with Crippen molar-refractivity contribution in [3.63, 3.8) is 0 Å². The molecular formula is C19H22FN3O2. The minimum Gasteiger partial charge on any atom is -0.379 e. The molecule has 1 aliphatic heterocycles. The monoisotopic (exact) mass is 343 g/mol. The van der Waals surface area contributed by atoms with Gasteiger partial charge in [-0.15, -0.1) is 0 Å². The molecule has 2 aromatic rings. The first kappa shape index (κ1) is 17.5. The van der Waals surface area contributed by atoms with Crippen LogP contribution in [0.15, 0.2) is 48.7 Å². The molecule has 132 valence electrons. The van der Waals surface area contributed by atoms with Crippen LogP contribution >= 0.6 is 0 Å². The third-order valence-corrected chi connectivity index (χ3v) is 4.28. The average Bonchev–Trinajstić information content (AvgIpc) is 2.65. The van der Waals surface area contributed by atoms with E-state index in [1.807, 2.05) is 18.2 Å². The SMILES string of the molecule is O=C(NCCN1CCOCC1)C(c1ccc(F)cc1)c1ccccn1. The van der Waals surface area contributed by atoms with Gasteiger partial charge in [-0.3, -0.25) is 14.7 Å². The molecule has 0 radical (unpaired) electrons. The van der Waals surface area contributed by atoms with Crippen molar-refractivity contribution in [1.29, 1.82) is 0 Å². The van der Waals surface area contributed by atoms with Gasteiger partial charge in [0.1, 0.15) is 11.7 Å². The van der Waals surface area contributed by atoms with E-state index in [4.69, 9.17) is 4.74 Å². The first-order valence-corrected chi connectivity index (χ1v) is 8.48. The molecular weight excluding hydrogens is 321 g/mol. The highest BCUT2D eigenvalue weighted by molar-refractivity contribution is 5.86. The van der Waals surface area contributed by atoms with Crippen LogP contribution in [0.2, 0.25) is 0 Å². The number of carbonyl (C=O) groups excluding carboxylic acids is 1. The summed E-state index contributed by atoms with van der Waals surface area (Å²) in [5.74, 6) is -0.999. The highest BCUT2D eigenvalue weighted by atomic mass is 19.1. The van der Waals surface area contributed by atoms with Crippen molar-refractivity contribution in [1.82, 2.24) is 15.2 Å². The fourth-order valence-electron chi connectivity index (χ4n) is 2.92. The molecule has 1 aliphatic rings. The summed E-state index contributed by atoms with van der Waals surface area (Å²) in [6, 6.07) is 11.5. The Balaban J connectivity index is 1.68. The summed E-state index contributed by atoms with van der Waals surface area (Å²) >= 11 is 0. The molecule has 2 heterocycles. The molecule has 3 rings (SSSR count). The number of aromatic nitrogens is 1. The molecule has 1 unspecified atom stereocenters. The molecule has 0 aliphatic carbocycles. The number of hydrogen-bond acceptors (Lipinski definition) is 4. The van der Waals surface area contributed by atoms with Crippen molar-refractivity contribution >= 4 is 5.91 Å². The summed E-state index contributed by atoms with van der Waals surface area (Å²) in [6.07, 6.45) is 1.66. The standard InChI is InChI=1S/C19H22FN3O2/c20-16-6-4-15(5-7-16)18(17-3-1-2-8-21-17)19(24)22-9-10-23-11-13-25-14-12-23/h1-8,18H,9-14H2,(H,22,24). The fourth-order valence-corrected chi connectivity index (χ4v) is 2.92. The Morgan fingerprint density at radius 2 is 1.96 bits per heavy atom. The summed E-state index contributed by atoms with van der Waals surface area (Å²) in [4.78, 5) is 19.4. The molecule has 5 nitrogen and oxygen atoms in total. The van der Waals surface area contributed by atoms with Crippen LogP contribution in [0.5, 0.6) is 0 Å². The molecule has 1 saturated heterocycles. The van der Waals surface area contributed by atoms with Gasteiger partial charge in [0.25, 0.3) is 0 Å². The number of pyridine rings is 1. The summed E-state index contributed by atoms with van der Waals surface area (Å²) < 4.78 is 18.6. The number of halogens is 1. The predicted molar refractivity (Wildman–Crippen MR) is 92.7 cm³/mol. The van der Waals surface area contributed by atoms with Crippen molar-refractivity contribution < 1.29 is 13.9 Å². The molecule has 0 bridgehead atoms. The Morgan fingerprint density at radius 1 is 1.20 bits per heavy atom. The maximum absolute atomic E-state index is 13.2. The zero-order valence-electron chi connectivity index (χ0n) is 14.0. The van der Waals surface area contributed by atoms with Crippen LogP contribution in [0.3, 0.4) is 0 Å². The molecule has 25 heavy (non-hydrogen) atoms. The van der Waals surface area contributed by atoms with E-state index in [-0.39, 0.29) is 11.7 Å². The van der Waals surface area contributed by atoms with E-state index in [0.29, 0.717) is 12.2 Å². The van der Waals surface area contributed by atoms with Gasteiger partial charge in [-0.2, -0.15) is 0 Å². The molecule has 0 saturated carbocycles. The van der Waals surface area contributed by atoms with Gasteiger partial charge in [0.15, 0.2) is 0 Å². The molecule has 1 atom stereocenters. The normalized spacial score (nSPS) is 16.4. The van der Waals surface area contributed by atoms with Crippen LogP contribution in [0.4, 0.5) is 4.39 Å². The average molecular weight is 343 g/mol. The third-order valence-electron chi connectivity index (χ3n) is 4.28. The lowest BCUT2D eigenvalue weighted by Gasteiger charge is -2.26. The van der Waals surface area contributed by atoms with Crippen LogP contribution in [0, 0.1) is 5.82 Å². The van der Waals surface area contributed by atoms with Crippen LogP contribution in [-0.4, -0.2) is 55.2 Å². The topological polar surface area (TPSA) is 54.5 Å². The Bertz CT molecular complexity index is 673. The Kier molecular flexibility index (Phi) is 6.09. The third kappa shape index (κ3) is 4.84. The van der Waals surface area contributed by atoms with Crippen molar-refractivity contribution in [3.05, 3.63) is 65.7 Å². The largest absolute Gasteiger partial charge is 0.379 e. The lowest BCUT2D eigenvalue weighted by atomic mass is 9.94. The minimum absolute atomic E-state index is 0.126. The number of rotatable bonds is 6. The molecule has 0 spiro atoms. The van der Waals surface area contributed by atoms with Crippen LogP contribution < -0.4 is 5.32 Å². The molecule has 1 aromatic heterocycles. The maximum atomic E-state index is 13.2. The van der Waals surface area contributed by atoms with Crippen LogP contribution in [0.1, 0.15) is 17.2 Å².